The van der Waals surface area contributed by atoms with Crippen LogP contribution < -0.4 is 11.1 Å². The zero-order valence-corrected chi connectivity index (χ0v) is 10.3. The normalized spacial score (nSPS) is 16.4. The second-order valence-electron chi connectivity index (χ2n) is 4.16. The van der Waals surface area contributed by atoms with Crippen LogP contribution in [-0.2, 0) is 4.74 Å². The summed E-state index contributed by atoms with van der Waals surface area (Å²) in [6.07, 6.45) is 0. The van der Waals surface area contributed by atoms with Gasteiger partial charge in [0, 0.05) is 26.2 Å². The highest BCUT2D eigenvalue weighted by Crippen LogP contribution is 2.00. The Morgan fingerprint density at radius 3 is 2.94 bits per heavy atom. The van der Waals surface area contributed by atoms with Crippen LogP contribution in [0.15, 0.2) is 18.2 Å². The van der Waals surface area contributed by atoms with Crippen LogP contribution in [0.3, 0.4) is 0 Å². The highest BCUT2D eigenvalue weighted by Gasteiger charge is 2.11. The molecule has 18 heavy (non-hydrogen) atoms. The number of amides is 1. The molecule has 0 atom stereocenters. The third kappa shape index (κ3) is 3.68. The number of hydrogen-bond acceptors (Lipinski definition) is 5. The summed E-state index contributed by atoms with van der Waals surface area (Å²) in [5, 5.41) is 2.83. The lowest BCUT2D eigenvalue weighted by Gasteiger charge is -2.26. The van der Waals surface area contributed by atoms with Crippen molar-refractivity contribution >= 4 is 11.7 Å². The van der Waals surface area contributed by atoms with E-state index in [0.29, 0.717) is 18.1 Å². The molecule has 6 heteroatoms. The second-order valence-corrected chi connectivity index (χ2v) is 4.16. The third-order valence-corrected chi connectivity index (χ3v) is 2.82. The number of nitrogens with zero attached hydrogens (tertiary/aromatic N) is 2. The summed E-state index contributed by atoms with van der Waals surface area (Å²) < 4.78 is 5.26. The average Bonchev–Trinajstić information content (AvgIpc) is 2.40. The minimum absolute atomic E-state index is 0.185. The van der Waals surface area contributed by atoms with Gasteiger partial charge in [0.15, 0.2) is 0 Å². The second kappa shape index (κ2) is 6.32. The van der Waals surface area contributed by atoms with Crippen LogP contribution in [0.1, 0.15) is 10.5 Å². The van der Waals surface area contributed by atoms with Gasteiger partial charge in [-0.3, -0.25) is 9.69 Å². The summed E-state index contributed by atoms with van der Waals surface area (Å²) >= 11 is 0. The molecule has 2 heterocycles. The van der Waals surface area contributed by atoms with E-state index in [0.717, 1.165) is 32.8 Å². The van der Waals surface area contributed by atoms with Crippen molar-refractivity contribution in [3.63, 3.8) is 0 Å². The molecule has 0 saturated carbocycles. The zero-order chi connectivity index (χ0) is 12.8. The summed E-state index contributed by atoms with van der Waals surface area (Å²) in [4.78, 5) is 18.0. The lowest BCUT2D eigenvalue weighted by Crippen LogP contribution is -2.41. The molecule has 0 aromatic carbocycles. The van der Waals surface area contributed by atoms with Crippen molar-refractivity contribution in [2.75, 3.05) is 45.1 Å². The van der Waals surface area contributed by atoms with Crippen LogP contribution in [0, 0.1) is 0 Å². The molecule has 1 aliphatic heterocycles. The number of nitrogens with one attached hydrogen (secondary N) is 1. The molecule has 1 fully saturated rings. The van der Waals surface area contributed by atoms with Gasteiger partial charge in [0.25, 0.3) is 5.91 Å². The molecule has 0 unspecified atom stereocenters. The number of nitrogen functional groups attached to an aromatic ring is 1. The van der Waals surface area contributed by atoms with Gasteiger partial charge in [0.2, 0.25) is 0 Å². The number of hydrogen-bond donors (Lipinski definition) is 2. The standard InChI is InChI=1S/C12H18N4O2/c13-11-3-1-2-10(15-11)12(17)14-4-5-16-6-8-18-9-7-16/h1-3H,4-9H2,(H2,13,15)(H,14,17). The molecule has 3 N–H and O–H groups in total. The van der Waals surface area contributed by atoms with Crippen LogP contribution in [0.5, 0.6) is 0 Å². The maximum Gasteiger partial charge on any atom is 0.270 e. The van der Waals surface area contributed by atoms with Crippen molar-refractivity contribution in [1.82, 2.24) is 15.2 Å². The minimum Gasteiger partial charge on any atom is -0.384 e. The third-order valence-electron chi connectivity index (χ3n) is 2.82. The highest BCUT2D eigenvalue weighted by molar-refractivity contribution is 5.92. The number of carbonyl (C=O) groups is 1. The Hall–Kier alpha value is -1.66. The molecule has 1 aromatic heterocycles. The monoisotopic (exact) mass is 250 g/mol. The van der Waals surface area contributed by atoms with Gasteiger partial charge in [-0.25, -0.2) is 4.98 Å². The Bertz CT molecular complexity index is 405. The molecule has 1 saturated heterocycles. The topological polar surface area (TPSA) is 80.5 Å². The van der Waals surface area contributed by atoms with Gasteiger partial charge < -0.3 is 15.8 Å². The van der Waals surface area contributed by atoms with Crippen LogP contribution in [0.25, 0.3) is 0 Å². The number of aromatic nitrogens is 1. The fourth-order valence-electron chi connectivity index (χ4n) is 1.82. The van der Waals surface area contributed by atoms with Gasteiger partial charge in [-0.1, -0.05) is 6.07 Å². The summed E-state index contributed by atoms with van der Waals surface area (Å²) in [6, 6.07) is 5.03. The minimum atomic E-state index is -0.185. The van der Waals surface area contributed by atoms with Crippen LogP contribution >= 0.6 is 0 Å². The molecule has 6 nitrogen and oxygen atoms in total. The van der Waals surface area contributed by atoms with E-state index in [1.165, 1.54) is 0 Å². The molecule has 1 aliphatic rings. The Balaban J connectivity index is 1.74. The molecule has 98 valence electrons. The predicted octanol–water partition coefficient (Wildman–Crippen LogP) is -0.274. The first-order valence-electron chi connectivity index (χ1n) is 6.06. The molecular weight excluding hydrogens is 232 g/mol. The van der Waals surface area contributed by atoms with Gasteiger partial charge in [-0.2, -0.15) is 0 Å². The molecule has 1 aromatic rings. The lowest BCUT2D eigenvalue weighted by atomic mass is 10.3. The number of morpholine rings is 1. The van der Waals surface area contributed by atoms with Gasteiger partial charge in [-0.05, 0) is 12.1 Å². The zero-order valence-electron chi connectivity index (χ0n) is 10.3. The average molecular weight is 250 g/mol. The van der Waals surface area contributed by atoms with Crippen molar-refractivity contribution in [2.45, 2.75) is 0 Å². The summed E-state index contributed by atoms with van der Waals surface area (Å²) in [7, 11) is 0. The van der Waals surface area contributed by atoms with Crippen LogP contribution in [0.2, 0.25) is 0 Å². The van der Waals surface area contributed by atoms with Crippen molar-refractivity contribution in [3.8, 4) is 0 Å². The van der Waals surface area contributed by atoms with Crippen molar-refractivity contribution in [2.24, 2.45) is 0 Å². The molecule has 0 radical (unpaired) electrons. The van der Waals surface area contributed by atoms with E-state index in [1.54, 1.807) is 18.2 Å². The summed E-state index contributed by atoms with van der Waals surface area (Å²) in [6.45, 7) is 4.82. The van der Waals surface area contributed by atoms with E-state index in [4.69, 9.17) is 10.5 Å². The SMILES string of the molecule is Nc1cccc(C(=O)NCCN2CCOCC2)n1. The number of pyridine rings is 1. The van der Waals surface area contributed by atoms with E-state index in [2.05, 4.69) is 15.2 Å². The number of ether oxygens (including phenoxy) is 1. The number of anilines is 1. The Morgan fingerprint density at radius 2 is 2.22 bits per heavy atom. The number of rotatable bonds is 4. The van der Waals surface area contributed by atoms with Gasteiger partial charge in [0.1, 0.15) is 11.5 Å². The molecule has 0 spiro atoms. The van der Waals surface area contributed by atoms with Gasteiger partial charge >= 0.3 is 0 Å². The maximum absolute atomic E-state index is 11.8. The summed E-state index contributed by atoms with van der Waals surface area (Å²) in [5.74, 6) is 0.173. The lowest BCUT2D eigenvalue weighted by molar-refractivity contribution is 0.0383. The number of carbonyl (C=O) groups excluding carboxylic acids is 1. The van der Waals surface area contributed by atoms with Crippen molar-refractivity contribution < 1.29 is 9.53 Å². The maximum atomic E-state index is 11.8. The molecule has 2 rings (SSSR count). The van der Waals surface area contributed by atoms with Crippen LogP contribution in [-0.4, -0.2) is 55.2 Å². The van der Waals surface area contributed by atoms with Crippen molar-refractivity contribution in [1.29, 1.82) is 0 Å². The Morgan fingerprint density at radius 1 is 1.44 bits per heavy atom. The van der Waals surface area contributed by atoms with Crippen LogP contribution in [0.4, 0.5) is 5.82 Å². The van der Waals surface area contributed by atoms with Crippen molar-refractivity contribution in [3.05, 3.63) is 23.9 Å². The quantitative estimate of drug-likeness (QED) is 0.768. The first kappa shape index (κ1) is 12.8. The van der Waals surface area contributed by atoms with E-state index in [-0.39, 0.29) is 5.91 Å². The highest BCUT2D eigenvalue weighted by atomic mass is 16.5. The summed E-state index contributed by atoms with van der Waals surface area (Å²) in [5.41, 5.74) is 5.89. The Labute approximate surface area is 106 Å². The van der Waals surface area contributed by atoms with E-state index in [9.17, 15) is 4.79 Å². The van der Waals surface area contributed by atoms with E-state index >= 15 is 0 Å². The smallest absolute Gasteiger partial charge is 0.270 e. The first-order chi connectivity index (χ1) is 8.75. The van der Waals surface area contributed by atoms with Gasteiger partial charge in [-0.15, -0.1) is 0 Å². The molecule has 1 amide bonds. The molecule has 0 bridgehead atoms. The Kier molecular flexibility index (Phi) is 4.49. The fraction of sp³-hybridized carbons (Fsp3) is 0.500. The number of nitrogens with two attached hydrogens (primary N) is 1. The van der Waals surface area contributed by atoms with E-state index < -0.39 is 0 Å². The van der Waals surface area contributed by atoms with E-state index in [1.807, 2.05) is 0 Å². The molecule has 0 aliphatic carbocycles. The first-order valence-corrected chi connectivity index (χ1v) is 6.06. The molecular formula is C12H18N4O2. The predicted molar refractivity (Wildman–Crippen MR) is 68.2 cm³/mol. The fourth-order valence-corrected chi connectivity index (χ4v) is 1.82. The largest absolute Gasteiger partial charge is 0.384 e. The van der Waals surface area contributed by atoms with Gasteiger partial charge in [0.05, 0.1) is 13.2 Å².